The third-order valence-corrected chi connectivity index (χ3v) is 0.759. The molecule has 0 aliphatic rings. The van der Waals surface area contributed by atoms with Crippen LogP contribution in [0.2, 0.25) is 0 Å². The molecule has 0 aromatic carbocycles. The summed E-state index contributed by atoms with van der Waals surface area (Å²) >= 11 is 0. The maximum atomic E-state index is 10.5. The average molecular weight is 179 g/mol. The van der Waals surface area contributed by atoms with Crippen LogP contribution in [0.25, 0.3) is 0 Å². The normalized spacial score (nSPS) is 11.5. The molecule has 12 heavy (non-hydrogen) atoms. The van der Waals surface area contributed by atoms with E-state index in [1.807, 2.05) is 0 Å². The van der Waals surface area contributed by atoms with Gasteiger partial charge in [0.1, 0.15) is 0 Å². The number of carbonyl (C=O) groups is 1. The molecular weight excluding hydrogens is 170 g/mol. The maximum Gasteiger partial charge on any atom is 0.510 e. The first-order chi connectivity index (χ1) is 5.56. The molecule has 7 heteroatoms. The Morgan fingerprint density at radius 1 is 1.67 bits per heavy atom. The highest BCUT2D eigenvalue weighted by Crippen LogP contribution is 1.96. The van der Waals surface area contributed by atoms with Crippen LogP contribution in [0.3, 0.4) is 0 Å². The fourth-order valence-electron chi connectivity index (χ4n) is 0.430. The molecule has 0 saturated carbocycles. The van der Waals surface area contributed by atoms with E-state index in [1.165, 1.54) is 6.92 Å². The van der Waals surface area contributed by atoms with Gasteiger partial charge in [0.05, 0.1) is 6.61 Å². The second-order valence-corrected chi connectivity index (χ2v) is 1.70. The Labute approximate surface area is 68.3 Å². The number of carbonyl (C=O) groups excluding carboxylic acids is 1. The van der Waals surface area contributed by atoms with E-state index in [-0.39, 0.29) is 6.61 Å². The van der Waals surface area contributed by atoms with E-state index >= 15 is 0 Å². The molecule has 0 aliphatic heterocycles. The van der Waals surface area contributed by atoms with Gasteiger partial charge in [0.2, 0.25) is 6.29 Å². The summed E-state index contributed by atoms with van der Waals surface area (Å²) in [5.74, 6) is 0. The zero-order valence-electron chi connectivity index (χ0n) is 6.68. The third-order valence-electron chi connectivity index (χ3n) is 0.759. The molecule has 0 aromatic heterocycles. The molecule has 0 amide bonds. The Kier molecular flexibility index (Phi) is 4.51. The molecule has 0 saturated heterocycles. The summed E-state index contributed by atoms with van der Waals surface area (Å²) in [4.78, 5) is 24.1. The van der Waals surface area contributed by atoms with E-state index in [1.54, 1.807) is 6.92 Å². The van der Waals surface area contributed by atoms with E-state index in [2.05, 4.69) is 14.3 Å². The van der Waals surface area contributed by atoms with Gasteiger partial charge >= 0.3 is 6.16 Å². The van der Waals surface area contributed by atoms with Crippen molar-refractivity contribution in [1.82, 2.24) is 0 Å². The lowest BCUT2D eigenvalue weighted by Gasteiger charge is -2.09. The van der Waals surface area contributed by atoms with E-state index in [0.717, 1.165) is 0 Å². The Morgan fingerprint density at radius 3 is 2.67 bits per heavy atom. The number of rotatable bonds is 4. The van der Waals surface area contributed by atoms with Crippen molar-refractivity contribution in [2.75, 3.05) is 6.61 Å². The van der Waals surface area contributed by atoms with Crippen LogP contribution in [0, 0.1) is 10.1 Å². The number of nitrogens with zero attached hydrogens (tertiary/aromatic N) is 1. The minimum Gasteiger partial charge on any atom is -0.435 e. The Balaban J connectivity index is 3.61. The van der Waals surface area contributed by atoms with Gasteiger partial charge in [-0.2, -0.15) is 0 Å². The van der Waals surface area contributed by atoms with Crippen LogP contribution in [0.1, 0.15) is 13.8 Å². The molecule has 0 radical (unpaired) electrons. The molecule has 1 atom stereocenters. The predicted octanol–water partition coefficient (Wildman–Crippen LogP) is 0.714. The van der Waals surface area contributed by atoms with Gasteiger partial charge in [-0.1, -0.05) is 0 Å². The number of ether oxygens (including phenoxy) is 2. The SMILES string of the molecule is CCOC(=O)OC(C)O[N+](=O)[O-]. The van der Waals surface area contributed by atoms with Gasteiger partial charge in [0, 0.05) is 0 Å². The van der Waals surface area contributed by atoms with Crippen molar-refractivity contribution in [3.63, 3.8) is 0 Å². The quantitative estimate of drug-likeness (QED) is 0.273. The monoisotopic (exact) mass is 179 g/mol. The molecular formula is C5H9NO6. The maximum absolute atomic E-state index is 10.5. The van der Waals surface area contributed by atoms with Crippen molar-refractivity contribution in [3.05, 3.63) is 10.1 Å². The van der Waals surface area contributed by atoms with Crippen LogP contribution >= 0.6 is 0 Å². The van der Waals surface area contributed by atoms with Crippen molar-refractivity contribution in [2.45, 2.75) is 20.1 Å². The van der Waals surface area contributed by atoms with E-state index < -0.39 is 17.5 Å². The lowest BCUT2D eigenvalue weighted by Crippen LogP contribution is -2.21. The number of hydrogen-bond donors (Lipinski definition) is 0. The molecule has 0 N–H and O–H groups in total. The molecule has 0 rings (SSSR count). The zero-order valence-corrected chi connectivity index (χ0v) is 6.68. The average Bonchev–Trinajstić information content (AvgIpc) is 1.84. The highest BCUT2D eigenvalue weighted by Gasteiger charge is 2.12. The van der Waals surface area contributed by atoms with Gasteiger partial charge < -0.3 is 9.47 Å². The lowest BCUT2D eigenvalue weighted by molar-refractivity contribution is -0.777. The van der Waals surface area contributed by atoms with Gasteiger partial charge in [0.25, 0.3) is 5.09 Å². The van der Waals surface area contributed by atoms with Gasteiger partial charge in [-0.3, -0.25) is 4.84 Å². The van der Waals surface area contributed by atoms with Crippen LogP contribution in [-0.4, -0.2) is 24.1 Å². The summed E-state index contributed by atoms with van der Waals surface area (Å²) in [5, 5.41) is 8.65. The van der Waals surface area contributed by atoms with Crippen LogP contribution < -0.4 is 0 Å². The number of hydrogen-bond acceptors (Lipinski definition) is 6. The van der Waals surface area contributed by atoms with Crippen molar-refractivity contribution in [1.29, 1.82) is 0 Å². The summed E-state index contributed by atoms with van der Waals surface area (Å²) in [7, 11) is 0. The highest BCUT2D eigenvalue weighted by molar-refractivity contribution is 5.59. The first-order valence-electron chi connectivity index (χ1n) is 3.20. The highest BCUT2D eigenvalue weighted by atomic mass is 17.0. The van der Waals surface area contributed by atoms with Gasteiger partial charge in [-0.25, -0.2) is 4.79 Å². The van der Waals surface area contributed by atoms with E-state index in [0.29, 0.717) is 0 Å². The van der Waals surface area contributed by atoms with Crippen LogP contribution in [0.4, 0.5) is 4.79 Å². The second-order valence-electron chi connectivity index (χ2n) is 1.70. The zero-order chi connectivity index (χ0) is 9.56. The van der Waals surface area contributed by atoms with E-state index in [4.69, 9.17) is 0 Å². The van der Waals surface area contributed by atoms with E-state index in [9.17, 15) is 14.9 Å². The summed E-state index contributed by atoms with van der Waals surface area (Å²) in [6.45, 7) is 2.93. The molecule has 0 aromatic rings. The molecule has 0 heterocycles. The standard InChI is InChI=1S/C5H9NO6/c1-3-10-5(7)11-4(2)12-6(8)9/h4H,3H2,1-2H3. The molecule has 0 aliphatic carbocycles. The smallest absolute Gasteiger partial charge is 0.435 e. The molecule has 7 nitrogen and oxygen atoms in total. The molecule has 0 spiro atoms. The van der Waals surface area contributed by atoms with Crippen molar-refractivity contribution in [2.24, 2.45) is 0 Å². The van der Waals surface area contributed by atoms with Crippen molar-refractivity contribution >= 4 is 6.16 Å². The van der Waals surface area contributed by atoms with Crippen molar-refractivity contribution < 1.29 is 24.2 Å². The summed E-state index contributed by atoms with van der Waals surface area (Å²) in [6, 6.07) is 0. The van der Waals surface area contributed by atoms with Gasteiger partial charge in [-0.15, -0.1) is 10.1 Å². The lowest BCUT2D eigenvalue weighted by atomic mass is 10.8. The van der Waals surface area contributed by atoms with Crippen LogP contribution in [0.5, 0.6) is 0 Å². The van der Waals surface area contributed by atoms with Crippen molar-refractivity contribution in [3.8, 4) is 0 Å². The molecule has 0 bridgehead atoms. The summed E-state index contributed by atoms with van der Waals surface area (Å²) in [5.41, 5.74) is 0. The third kappa shape index (κ3) is 5.27. The minimum atomic E-state index is -1.25. The first-order valence-corrected chi connectivity index (χ1v) is 3.20. The molecule has 0 fully saturated rings. The first kappa shape index (κ1) is 10.5. The molecule has 1 unspecified atom stereocenters. The fraction of sp³-hybridized carbons (Fsp3) is 0.800. The Hall–Kier alpha value is -1.53. The second kappa shape index (κ2) is 5.16. The van der Waals surface area contributed by atoms with Gasteiger partial charge in [-0.05, 0) is 13.8 Å². The Morgan fingerprint density at radius 2 is 2.25 bits per heavy atom. The van der Waals surface area contributed by atoms with Gasteiger partial charge in [0.15, 0.2) is 0 Å². The Bertz CT molecular complexity index is 169. The summed E-state index contributed by atoms with van der Waals surface area (Å²) < 4.78 is 8.61. The fourth-order valence-corrected chi connectivity index (χ4v) is 0.430. The minimum absolute atomic E-state index is 0.143. The summed E-state index contributed by atoms with van der Waals surface area (Å²) in [6.07, 6.45) is -2.24. The largest absolute Gasteiger partial charge is 0.510 e. The van der Waals surface area contributed by atoms with Crippen LogP contribution in [-0.2, 0) is 14.3 Å². The topological polar surface area (TPSA) is 87.9 Å². The van der Waals surface area contributed by atoms with Crippen LogP contribution in [0.15, 0.2) is 0 Å². The predicted molar refractivity (Wildman–Crippen MR) is 35.6 cm³/mol. The molecule has 70 valence electrons.